The molecule has 4 rings (SSSR count). The van der Waals surface area contributed by atoms with E-state index in [1.807, 2.05) is 50.4 Å². The highest BCUT2D eigenvalue weighted by Crippen LogP contribution is 2.20. The maximum Gasteiger partial charge on any atom is 0.258 e. The van der Waals surface area contributed by atoms with Crippen molar-refractivity contribution in [2.24, 2.45) is 0 Å². The Morgan fingerprint density at radius 3 is 2.48 bits per heavy atom. The molecule has 0 unspecified atom stereocenters. The van der Waals surface area contributed by atoms with Crippen LogP contribution < -0.4 is 10.6 Å². The zero-order valence-corrected chi connectivity index (χ0v) is 16.5. The average Bonchev–Trinajstić information content (AvgIpc) is 3.14. The number of anilines is 2. The van der Waals surface area contributed by atoms with Crippen LogP contribution in [0.2, 0.25) is 0 Å². The number of rotatable bonds is 6. The Morgan fingerprint density at radius 2 is 1.72 bits per heavy atom. The first-order valence-corrected chi connectivity index (χ1v) is 9.60. The van der Waals surface area contributed by atoms with Gasteiger partial charge >= 0.3 is 0 Å². The van der Waals surface area contributed by atoms with Crippen LogP contribution in [0.4, 0.5) is 11.6 Å². The Hall–Kier alpha value is -3.67. The second-order valence-corrected chi connectivity index (χ2v) is 7.05. The zero-order chi connectivity index (χ0) is 20.2. The molecule has 146 valence electrons. The fraction of sp³-hybridized carbons (Fsp3) is 0.174. The minimum absolute atomic E-state index is 0.215. The van der Waals surface area contributed by atoms with Crippen LogP contribution in [0.3, 0.4) is 0 Å². The highest BCUT2D eigenvalue weighted by molar-refractivity contribution is 6.04. The molecule has 29 heavy (non-hydrogen) atoms. The summed E-state index contributed by atoms with van der Waals surface area (Å²) in [6.45, 7) is 4.65. The lowest BCUT2D eigenvalue weighted by atomic mass is 10.1. The lowest BCUT2D eigenvalue weighted by Gasteiger charge is -2.11. The van der Waals surface area contributed by atoms with Crippen molar-refractivity contribution in [3.63, 3.8) is 0 Å². The van der Waals surface area contributed by atoms with E-state index in [1.165, 1.54) is 10.9 Å². The third kappa shape index (κ3) is 4.11. The van der Waals surface area contributed by atoms with Gasteiger partial charge in [-0.05, 0) is 43.0 Å². The van der Waals surface area contributed by atoms with Crippen LogP contribution in [0.25, 0.3) is 10.9 Å². The standard InChI is InChI=1S/C23H23N5O/c1-15-6-5-7-16(2)21(15)28-22(29)18-13-26-23(27-14-18)24-11-10-17-12-25-20-9-4-3-8-19(17)20/h3-9,12-14,25H,10-11H2,1-2H3,(H,28,29)(H,24,26,27). The average molecular weight is 385 g/mol. The van der Waals surface area contributed by atoms with Crippen LogP contribution in [0.15, 0.2) is 61.1 Å². The summed E-state index contributed by atoms with van der Waals surface area (Å²) < 4.78 is 0. The van der Waals surface area contributed by atoms with Gasteiger partial charge in [-0.25, -0.2) is 9.97 Å². The van der Waals surface area contributed by atoms with Crippen LogP contribution in [-0.4, -0.2) is 27.4 Å². The van der Waals surface area contributed by atoms with E-state index in [1.54, 1.807) is 12.4 Å². The van der Waals surface area contributed by atoms with Crippen molar-refractivity contribution in [2.45, 2.75) is 20.3 Å². The van der Waals surface area contributed by atoms with Gasteiger partial charge in [0.2, 0.25) is 5.95 Å². The quantitative estimate of drug-likeness (QED) is 0.457. The lowest BCUT2D eigenvalue weighted by molar-refractivity contribution is 0.102. The van der Waals surface area contributed by atoms with Crippen LogP contribution >= 0.6 is 0 Å². The molecule has 6 heteroatoms. The van der Waals surface area contributed by atoms with Crippen LogP contribution in [0.1, 0.15) is 27.0 Å². The van der Waals surface area contributed by atoms with Crippen molar-refractivity contribution in [2.75, 3.05) is 17.2 Å². The van der Waals surface area contributed by atoms with Gasteiger partial charge in [-0.2, -0.15) is 0 Å². The molecule has 0 saturated carbocycles. The number of carbonyl (C=O) groups excluding carboxylic acids is 1. The Balaban J connectivity index is 1.36. The second-order valence-electron chi connectivity index (χ2n) is 7.05. The number of aryl methyl sites for hydroxylation is 2. The molecular weight excluding hydrogens is 362 g/mol. The topological polar surface area (TPSA) is 82.7 Å². The number of aromatic amines is 1. The number of nitrogens with zero attached hydrogens (tertiary/aromatic N) is 2. The van der Waals surface area contributed by atoms with Crippen LogP contribution in [0.5, 0.6) is 0 Å². The molecule has 4 aromatic rings. The first kappa shape index (κ1) is 18.7. The van der Waals surface area contributed by atoms with E-state index in [0.29, 0.717) is 18.1 Å². The summed E-state index contributed by atoms with van der Waals surface area (Å²) in [7, 11) is 0. The molecule has 0 spiro atoms. The van der Waals surface area contributed by atoms with Crippen molar-refractivity contribution >= 4 is 28.4 Å². The van der Waals surface area contributed by atoms with E-state index in [4.69, 9.17) is 0 Å². The number of H-pyrrole nitrogens is 1. The highest BCUT2D eigenvalue weighted by Gasteiger charge is 2.11. The number of para-hydroxylation sites is 2. The number of benzene rings is 2. The van der Waals surface area contributed by atoms with Crippen molar-refractivity contribution in [3.8, 4) is 0 Å². The van der Waals surface area contributed by atoms with Gasteiger partial charge in [0.05, 0.1) is 5.56 Å². The van der Waals surface area contributed by atoms with Gasteiger partial charge < -0.3 is 15.6 Å². The monoisotopic (exact) mass is 385 g/mol. The molecule has 0 radical (unpaired) electrons. The minimum Gasteiger partial charge on any atom is -0.361 e. The van der Waals surface area contributed by atoms with Gasteiger partial charge in [0.25, 0.3) is 5.91 Å². The number of hydrogen-bond donors (Lipinski definition) is 3. The zero-order valence-electron chi connectivity index (χ0n) is 16.5. The summed E-state index contributed by atoms with van der Waals surface area (Å²) in [6.07, 6.45) is 5.98. The predicted molar refractivity (Wildman–Crippen MR) is 116 cm³/mol. The fourth-order valence-electron chi connectivity index (χ4n) is 3.38. The van der Waals surface area contributed by atoms with Crippen molar-refractivity contribution in [3.05, 3.63) is 83.3 Å². The van der Waals surface area contributed by atoms with E-state index >= 15 is 0 Å². The van der Waals surface area contributed by atoms with Crippen molar-refractivity contribution in [1.29, 1.82) is 0 Å². The SMILES string of the molecule is Cc1cccc(C)c1NC(=O)c1cnc(NCCc2c[nH]c3ccccc23)nc1. The number of aromatic nitrogens is 3. The van der Waals surface area contributed by atoms with Gasteiger partial charge in [-0.1, -0.05) is 36.4 Å². The second kappa shape index (κ2) is 8.14. The summed E-state index contributed by atoms with van der Waals surface area (Å²) in [5.41, 5.74) is 5.69. The van der Waals surface area contributed by atoms with E-state index in [2.05, 4.69) is 37.7 Å². The van der Waals surface area contributed by atoms with Gasteiger partial charge in [-0.3, -0.25) is 4.79 Å². The molecule has 0 bridgehead atoms. The molecule has 0 atom stereocenters. The first-order chi connectivity index (χ1) is 14.1. The summed E-state index contributed by atoms with van der Waals surface area (Å²) in [5, 5.41) is 7.39. The molecule has 0 aliphatic heterocycles. The Bertz CT molecular complexity index is 1130. The highest BCUT2D eigenvalue weighted by atomic mass is 16.1. The Kier molecular flexibility index (Phi) is 5.24. The summed E-state index contributed by atoms with van der Waals surface area (Å²) >= 11 is 0. The summed E-state index contributed by atoms with van der Waals surface area (Å²) in [5.74, 6) is 0.293. The molecule has 0 saturated heterocycles. The molecule has 2 aromatic carbocycles. The van der Waals surface area contributed by atoms with Gasteiger partial charge in [0, 0.05) is 41.7 Å². The van der Waals surface area contributed by atoms with Crippen LogP contribution in [0, 0.1) is 13.8 Å². The van der Waals surface area contributed by atoms with Gasteiger partial charge in [0.15, 0.2) is 0 Å². The number of amides is 1. The molecule has 6 nitrogen and oxygen atoms in total. The lowest BCUT2D eigenvalue weighted by Crippen LogP contribution is -2.15. The third-order valence-corrected chi connectivity index (χ3v) is 4.99. The Morgan fingerprint density at radius 1 is 1.00 bits per heavy atom. The van der Waals surface area contributed by atoms with Crippen molar-refractivity contribution in [1.82, 2.24) is 15.0 Å². The maximum atomic E-state index is 12.5. The fourth-order valence-corrected chi connectivity index (χ4v) is 3.38. The largest absolute Gasteiger partial charge is 0.361 e. The summed E-state index contributed by atoms with van der Waals surface area (Å²) in [6, 6.07) is 14.2. The normalized spacial score (nSPS) is 10.8. The van der Waals surface area contributed by atoms with E-state index in [-0.39, 0.29) is 5.91 Å². The molecule has 0 aliphatic rings. The third-order valence-electron chi connectivity index (χ3n) is 4.99. The van der Waals surface area contributed by atoms with Crippen molar-refractivity contribution < 1.29 is 4.79 Å². The number of fused-ring (bicyclic) bond motifs is 1. The number of hydrogen-bond acceptors (Lipinski definition) is 4. The predicted octanol–water partition coefficient (Wildman–Crippen LogP) is 4.48. The van der Waals surface area contributed by atoms with E-state index < -0.39 is 0 Å². The smallest absolute Gasteiger partial charge is 0.258 e. The molecule has 1 amide bonds. The molecule has 0 fully saturated rings. The number of carbonyl (C=O) groups is 1. The molecule has 2 aromatic heterocycles. The Labute approximate surface area is 169 Å². The van der Waals surface area contributed by atoms with Gasteiger partial charge in [-0.15, -0.1) is 0 Å². The van der Waals surface area contributed by atoms with Gasteiger partial charge in [0.1, 0.15) is 0 Å². The van der Waals surface area contributed by atoms with E-state index in [0.717, 1.165) is 28.8 Å². The molecular formula is C23H23N5O. The maximum absolute atomic E-state index is 12.5. The number of nitrogens with one attached hydrogen (secondary N) is 3. The van der Waals surface area contributed by atoms with Crippen LogP contribution in [-0.2, 0) is 6.42 Å². The minimum atomic E-state index is -0.215. The molecule has 3 N–H and O–H groups in total. The summed E-state index contributed by atoms with van der Waals surface area (Å²) in [4.78, 5) is 24.3. The first-order valence-electron chi connectivity index (χ1n) is 9.60. The molecule has 2 heterocycles. The molecule has 0 aliphatic carbocycles. The van der Waals surface area contributed by atoms with E-state index in [9.17, 15) is 4.79 Å².